The first kappa shape index (κ1) is 20.1. The highest BCUT2D eigenvalue weighted by atomic mass is 32.2. The maximum absolute atomic E-state index is 13.3. The highest BCUT2D eigenvalue weighted by Crippen LogP contribution is 2.38. The average molecular weight is 426 g/mol. The van der Waals surface area contributed by atoms with Crippen LogP contribution in [0.1, 0.15) is 24.4 Å². The van der Waals surface area contributed by atoms with E-state index in [1.807, 2.05) is 60.1 Å². The van der Waals surface area contributed by atoms with Gasteiger partial charge in [-0.2, -0.15) is 0 Å². The number of anilines is 1. The highest BCUT2D eigenvalue weighted by molar-refractivity contribution is 8.00. The molecule has 1 aliphatic heterocycles. The van der Waals surface area contributed by atoms with Crippen LogP contribution in [0, 0.1) is 0 Å². The number of para-hydroxylation sites is 2. The van der Waals surface area contributed by atoms with Crippen LogP contribution in [0.15, 0.2) is 53.7 Å². The monoisotopic (exact) mass is 425 g/mol. The second-order valence-electron chi connectivity index (χ2n) is 6.70. The summed E-state index contributed by atoms with van der Waals surface area (Å²) in [6, 6.07) is 14.8. The van der Waals surface area contributed by atoms with E-state index in [-0.39, 0.29) is 11.9 Å². The lowest BCUT2D eigenvalue weighted by Crippen LogP contribution is -2.41. The molecule has 0 radical (unpaired) electrons. The van der Waals surface area contributed by atoms with E-state index in [0.29, 0.717) is 16.6 Å². The van der Waals surface area contributed by atoms with Crippen LogP contribution in [0.2, 0.25) is 0 Å². The maximum Gasteiger partial charge on any atom is 0.240 e. The summed E-state index contributed by atoms with van der Waals surface area (Å²) in [5.41, 5.74) is 5.02. The molecule has 2 aromatic carbocycles. The number of benzene rings is 2. The fourth-order valence-electron chi connectivity index (χ4n) is 3.34. The summed E-state index contributed by atoms with van der Waals surface area (Å²) in [7, 11) is 3.21. The fraction of sp³-hybridized carbons (Fsp3) is 0.286. The maximum atomic E-state index is 13.3. The number of nitrogens with zero attached hydrogens (tertiary/aromatic N) is 3. The SMILES string of the molecule is CCc1nnc2n1N[C@H](c1ccc(OC)cc1)[C@@H](C(=O)Nc1ccccc1OC)S2. The van der Waals surface area contributed by atoms with Crippen LogP contribution in [-0.4, -0.2) is 40.3 Å². The molecule has 0 saturated heterocycles. The van der Waals surface area contributed by atoms with Crippen molar-refractivity contribution in [3.8, 4) is 11.5 Å². The summed E-state index contributed by atoms with van der Waals surface area (Å²) in [6.07, 6.45) is 0.730. The van der Waals surface area contributed by atoms with Crippen molar-refractivity contribution in [3.63, 3.8) is 0 Å². The Bertz CT molecular complexity index is 1040. The number of carbonyl (C=O) groups is 1. The van der Waals surface area contributed by atoms with Crippen LogP contribution in [0.5, 0.6) is 11.5 Å². The molecular formula is C21H23N5O3S. The summed E-state index contributed by atoms with van der Waals surface area (Å²) in [5.74, 6) is 2.04. The number of aromatic nitrogens is 3. The Morgan fingerprint density at radius 1 is 1.13 bits per heavy atom. The molecule has 2 N–H and O–H groups in total. The van der Waals surface area contributed by atoms with Crippen molar-refractivity contribution in [3.05, 3.63) is 59.9 Å². The van der Waals surface area contributed by atoms with Crippen molar-refractivity contribution >= 4 is 23.4 Å². The minimum absolute atomic E-state index is 0.148. The molecule has 1 amide bonds. The van der Waals surface area contributed by atoms with Gasteiger partial charge in [0.15, 0.2) is 5.82 Å². The number of thioether (sulfide) groups is 1. The molecule has 0 fully saturated rings. The number of methoxy groups -OCH3 is 2. The van der Waals surface area contributed by atoms with E-state index in [2.05, 4.69) is 20.9 Å². The molecule has 2 heterocycles. The second kappa shape index (κ2) is 8.66. The van der Waals surface area contributed by atoms with Crippen LogP contribution in [0.25, 0.3) is 0 Å². The zero-order valence-electron chi connectivity index (χ0n) is 17.0. The van der Waals surface area contributed by atoms with Crippen molar-refractivity contribution < 1.29 is 14.3 Å². The van der Waals surface area contributed by atoms with E-state index < -0.39 is 5.25 Å². The molecule has 0 saturated carbocycles. The number of fused-ring (bicyclic) bond motifs is 1. The third-order valence-electron chi connectivity index (χ3n) is 4.92. The number of hydrogen-bond donors (Lipinski definition) is 2. The first-order chi connectivity index (χ1) is 14.6. The lowest BCUT2D eigenvalue weighted by Gasteiger charge is -2.33. The topological polar surface area (TPSA) is 90.3 Å². The Kier molecular flexibility index (Phi) is 5.80. The van der Waals surface area contributed by atoms with Crippen LogP contribution in [-0.2, 0) is 11.2 Å². The molecule has 0 aliphatic carbocycles. The van der Waals surface area contributed by atoms with Gasteiger partial charge in [-0.3, -0.25) is 4.79 Å². The molecule has 4 rings (SSSR count). The Hall–Kier alpha value is -3.20. The third kappa shape index (κ3) is 3.80. The van der Waals surface area contributed by atoms with Gasteiger partial charge < -0.3 is 20.2 Å². The van der Waals surface area contributed by atoms with E-state index in [9.17, 15) is 4.79 Å². The van der Waals surface area contributed by atoms with Gasteiger partial charge in [-0.15, -0.1) is 10.2 Å². The van der Waals surface area contributed by atoms with E-state index in [4.69, 9.17) is 9.47 Å². The predicted octanol–water partition coefficient (Wildman–Crippen LogP) is 3.26. The summed E-state index contributed by atoms with van der Waals surface area (Å²) >= 11 is 1.39. The number of hydrogen-bond acceptors (Lipinski definition) is 7. The van der Waals surface area contributed by atoms with Crippen molar-refractivity contribution in [2.45, 2.75) is 29.8 Å². The smallest absolute Gasteiger partial charge is 0.240 e. The Labute approximate surface area is 179 Å². The van der Waals surface area contributed by atoms with Gasteiger partial charge in [0.2, 0.25) is 11.1 Å². The van der Waals surface area contributed by atoms with Gasteiger partial charge >= 0.3 is 0 Å². The summed E-state index contributed by atoms with van der Waals surface area (Å²) in [5, 5.41) is 11.7. The number of ether oxygens (including phenoxy) is 2. The van der Waals surface area contributed by atoms with Crippen LogP contribution in [0.4, 0.5) is 5.69 Å². The lowest BCUT2D eigenvalue weighted by atomic mass is 10.0. The lowest BCUT2D eigenvalue weighted by molar-refractivity contribution is -0.116. The third-order valence-corrected chi connectivity index (χ3v) is 6.13. The quantitative estimate of drug-likeness (QED) is 0.626. The molecule has 0 bridgehead atoms. The molecule has 1 aromatic heterocycles. The van der Waals surface area contributed by atoms with Crippen molar-refractivity contribution in [1.29, 1.82) is 0 Å². The highest BCUT2D eigenvalue weighted by Gasteiger charge is 2.38. The van der Waals surface area contributed by atoms with Crippen molar-refractivity contribution in [1.82, 2.24) is 14.9 Å². The van der Waals surface area contributed by atoms with Crippen LogP contribution < -0.4 is 20.2 Å². The van der Waals surface area contributed by atoms with E-state index >= 15 is 0 Å². The van der Waals surface area contributed by atoms with Gasteiger partial charge in [-0.1, -0.05) is 43.0 Å². The standard InChI is InChI=1S/C21H23N5O3S/c1-4-17-23-24-21-26(17)25-18(13-9-11-14(28-2)12-10-13)19(30-21)20(27)22-15-7-5-6-8-16(15)29-3/h5-12,18-19,25H,4H2,1-3H3,(H,22,27)/t18-,19+/m1/s1. The van der Waals surface area contributed by atoms with Gasteiger partial charge in [-0.05, 0) is 29.8 Å². The van der Waals surface area contributed by atoms with E-state index in [1.54, 1.807) is 14.2 Å². The number of aryl methyl sites for hydroxylation is 1. The zero-order valence-corrected chi connectivity index (χ0v) is 17.8. The van der Waals surface area contributed by atoms with Gasteiger partial charge in [-0.25, -0.2) is 4.68 Å². The minimum Gasteiger partial charge on any atom is -0.497 e. The molecule has 0 spiro atoms. The molecule has 3 aromatic rings. The van der Waals surface area contributed by atoms with Crippen LogP contribution in [0.3, 0.4) is 0 Å². The number of nitrogens with one attached hydrogen (secondary N) is 2. The van der Waals surface area contributed by atoms with Gasteiger partial charge in [0.1, 0.15) is 16.7 Å². The van der Waals surface area contributed by atoms with Crippen LogP contribution >= 0.6 is 11.8 Å². The van der Waals surface area contributed by atoms with Gasteiger partial charge in [0.25, 0.3) is 0 Å². The summed E-state index contributed by atoms with van der Waals surface area (Å²) in [6.45, 7) is 2.02. The molecular weight excluding hydrogens is 402 g/mol. The van der Waals surface area contributed by atoms with Crippen molar-refractivity contribution in [2.75, 3.05) is 25.0 Å². The average Bonchev–Trinajstić information content (AvgIpc) is 3.20. The number of carbonyl (C=O) groups excluding carboxylic acids is 1. The first-order valence-corrected chi connectivity index (χ1v) is 10.5. The zero-order chi connectivity index (χ0) is 21.1. The minimum atomic E-state index is -0.468. The number of rotatable bonds is 6. The largest absolute Gasteiger partial charge is 0.497 e. The van der Waals surface area contributed by atoms with Gasteiger partial charge in [0.05, 0.1) is 25.9 Å². The molecule has 9 heteroatoms. The summed E-state index contributed by atoms with van der Waals surface area (Å²) in [4.78, 5) is 13.3. The van der Waals surface area contributed by atoms with E-state index in [1.165, 1.54) is 11.8 Å². The molecule has 0 unspecified atom stereocenters. The summed E-state index contributed by atoms with van der Waals surface area (Å²) < 4.78 is 12.5. The Balaban J connectivity index is 1.67. The first-order valence-electron chi connectivity index (χ1n) is 9.60. The molecule has 2 atom stereocenters. The molecule has 1 aliphatic rings. The Morgan fingerprint density at radius 2 is 1.90 bits per heavy atom. The number of amides is 1. The Morgan fingerprint density at radius 3 is 2.60 bits per heavy atom. The molecule has 8 nitrogen and oxygen atoms in total. The second-order valence-corrected chi connectivity index (χ2v) is 7.80. The predicted molar refractivity (Wildman–Crippen MR) is 116 cm³/mol. The van der Waals surface area contributed by atoms with E-state index in [0.717, 1.165) is 23.6 Å². The van der Waals surface area contributed by atoms with Crippen molar-refractivity contribution in [2.24, 2.45) is 0 Å². The van der Waals surface area contributed by atoms with Gasteiger partial charge in [0, 0.05) is 6.42 Å². The fourth-order valence-corrected chi connectivity index (χ4v) is 4.44. The molecule has 156 valence electrons. The molecule has 30 heavy (non-hydrogen) atoms. The normalized spacial score (nSPS) is 17.6.